The van der Waals surface area contributed by atoms with Crippen LogP contribution in [0.1, 0.15) is 24.2 Å². The van der Waals surface area contributed by atoms with E-state index >= 15 is 0 Å². The van der Waals surface area contributed by atoms with Gasteiger partial charge in [-0.3, -0.25) is 9.52 Å². The molecular weight excluding hydrogens is 242 g/mol. The number of carbonyl (C=O) groups is 1. The minimum Gasteiger partial charge on any atom is -0.350 e. The number of nitrogens with one attached hydrogen (secondary N) is 2. The van der Waals surface area contributed by atoms with Gasteiger partial charge in [0.15, 0.2) is 0 Å². The number of nitrogens with two attached hydrogens (primary N) is 1. The van der Waals surface area contributed by atoms with Crippen molar-refractivity contribution in [1.29, 1.82) is 0 Å². The molecule has 7 heteroatoms. The van der Waals surface area contributed by atoms with E-state index in [9.17, 15) is 13.2 Å². The quantitative estimate of drug-likeness (QED) is 0.729. The number of carbonyl (C=O) groups excluding carboxylic acids is 1. The predicted molar refractivity (Wildman–Crippen MR) is 65.8 cm³/mol. The van der Waals surface area contributed by atoms with Crippen molar-refractivity contribution in [3.63, 3.8) is 0 Å². The van der Waals surface area contributed by atoms with Gasteiger partial charge in [-0.05, 0) is 38.1 Å². The van der Waals surface area contributed by atoms with Crippen LogP contribution in [-0.4, -0.2) is 20.4 Å². The van der Waals surface area contributed by atoms with E-state index in [1.54, 1.807) is 0 Å². The van der Waals surface area contributed by atoms with Crippen LogP contribution in [0.25, 0.3) is 0 Å². The summed E-state index contributed by atoms with van der Waals surface area (Å²) in [5.41, 5.74) is 0.771. The summed E-state index contributed by atoms with van der Waals surface area (Å²) in [6.07, 6.45) is 0. The van der Waals surface area contributed by atoms with Crippen molar-refractivity contribution in [2.45, 2.75) is 19.9 Å². The molecule has 0 aliphatic carbocycles. The van der Waals surface area contributed by atoms with Crippen molar-refractivity contribution in [3.05, 3.63) is 29.8 Å². The van der Waals surface area contributed by atoms with Crippen molar-refractivity contribution in [3.8, 4) is 0 Å². The van der Waals surface area contributed by atoms with Gasteiger partial charge in [0.1, 0.15) is 0 Å². The maximum atomic E-state index is 11.6. The summed E-state index contributed by atoms with van der Waals surface area (Å²) in [5, 5.41) is 7.54. The third kappa shape index (κ3) is 4.83. The molecule has 0 radical (unpaired) electrons. The normalized spacial score (nSPS) is 11.3. The van der Waals surface area contributed by atoms with Crippen molar-refractivity contribution >= 4 is 21.8 Å². The minimum atomic E-state index is -3.78. The van der Waals surface area contributed by atoms with Gasteiger partial charge in [0.05, 0.1) is 0 Å². The Labute approximate surface area is 100 Å². The van der Waals surface area contributed by atoms with Crippen LogP contribution in [-0.2, 0) is 10.2 Å². The van der Waals surface area contributed by atoms with Crippen LogP contribution in [0.4, 0.5) is 5.69 Å². The third-order valence-corrected chi connectivity index (χ3v) is 2.35. The SMILES string of the molecule is CC(C)NC(=O)c1ccc(NS(N)(=O)=O)cc1. The molecule has 4 N–H and O–H groups in total. The Morgan fingerprint density at radius 3 is 2.18 bits per heavy atom. The van der Waals surface area contributed by atoms with Crippen LogP contribution in [0.2, 0.25) is 0 Å². The fraction of sp³-hybridized carbons (Fsp3) is 0.300. The summed E-state index contributed by atoms with van der Waals surface area (Å²) in [4.78, 5) is 11.6. The summed E-state index contributed by atoms with van der Waals surface area (Å²) >= 11 is 0. The first-order chi connectivity index (χ1) is 7.78. The zero-order chi connectivity index (χ0) is 13.1. The highest BCUT2D eigenvalue weighted by atomic mass is 32.2. The lowest BCUT2D eigenvalue weighted by Gasteiger charge is -2.09. The van der Waals surface area contributed by atoms with Crippen LogP contribution in [0.15, 0.2) is 24.3 Å². The molecule has 0 bridgehead atoms. The van der Waals surface area contributed by atoms with Gasteiger partial charge in [0, 0.05) is 17.3 Å². The molecule has 0 spiro atoms. The van der Waals surface area contributed by atoms with Gasteiger partial charge in [0.2, 0.25) is 0 Å². The smallest absolute Gasteiger partial charge is 0.296 e. The van der Waals surface area contributed by atoms with E-state index in [0.717, 1.165) is 0 Å². The van der Waals surface area contributed by atoms with E-state index in [4.69, 9.17) is 5.14 Å². The van der Waals surface area contributed by atoms with Crippen LogP contribution in [0, 0.1) is 0 Å². The van der Waals surface area contributed by atoms with Gasteiger partial charge >= 0.3 is 0 Å². The highest BCUT2D eigenvalue weighted by Crippen LogP contribution is 2.10. The second-order valence-electron chi connectivity index (χ2n) is 3.85. The standard InChI is InChI=1S/C10H15N3O3S/c1-7(2)12-10(14)8-3-5-9(6-4-8)13-17(11,15)16/h3-7,13H,1-2H3,(H,12,14)(H2,11,15,16). The average Bonchev–Trinajstić information content (AvgIpc) is 2.15. The van der Waals surface area contributed by atoms with Crippen molar-refractivity contribution in [1.82, 2.24) is 5.32 Å². The van der Waals surface area contributed by atoms with E-state index in [-0.39, 0.29) is 11.9 Å². The molecule has 6 nitrogen and oxygen atoms in total. The van der Waals surface area contributed by atoms with Crippen molar-refractivity contribution in [2.24, 2.45) is 5.14 Å². The number of anilines is 1. The number of hydrogen-bond acceptors (Lipinski definition) is 3. The van der Waals surface area contributed by atoms with Gasteiger partial charge in [-0.2, -0.15) is 8.42 Å². The Balaban J connectivity index is 2.78. The summed E-state index contributed by atoms with van der Waals surface area (Å²) in [7, 11) is -3.78. The van der Waals surface area contributed by atoms with Crippen LogP contribution >= 0.6 is 0 Å². The largest absolute Gasteiger partial charge is 0.350 e. The Morgan fingerprint density at radius 2 is 1.76 bits per heavy atom. The lowest BCUT2D eigenvalue weighted by molar-refractivity contribution is 0.0943. The zero-order valence-electron chi connectivity index (χ0n) is 9.60. The van der Waals surface area contributed by atoms with Gasteiger partial charge in [0.25, 0.3) is 16.1 Å². The highest BCUT2D eigenvalue weighted by Gasteiger charge is 2.07. The van der Waals surface area contributed by atoms with Gasteiger partial charge < -0.3 is 5.32 Å². The summed E-state index contributed by atoms with van der Waals surface area (Å²) in [6.45, 7) is 3.71. The van der Waals surface area contributed by atoms with Gasteiger partial charge in [-0.25, -0.2) is 5.14 Å². The predicted octanol–water partition coefficient (Wildman–Crippen LogP) is 0.440. The maximum Gasteiger partial charge on any atom is 0.296 e. The first-order valence-electron chi connectivity index (χ1n) is 4.99. The van der Waals surface area contributed by atoms with Gasteiger partial charge in [-0.1, -0.05) is 0 Å². The second kappa shape index (κ2) is 5.15. The molecule has 0 atom stereocenters. The van der Waals surface area contributed by atoms with Crippen LogP contribution < -0.4 is 15.2 Å². The molecule has 0 fully saturated rings. The lowest BCUT2D eigenvalue weighted by Crippen LogP contribution is -2.30. The highest BCUT2D eigenvalue weighted by molar-refractivity contribution is 7.90. The number of rotatable bonds is 4. The molecule has 1 amide bonds. The maximum absolute atomic E-state index is 11.6. The monoisotopic (exact) mass is 257 g/mol. The molecule has 0 saturated carbocycles. The van der Waals surface area contributed by atoms with E-state index < -0.39 is 10.2 Å². The minimum absolute atomic E-state index is 0.0460. The van der Waals surface area contributed by atoms with Crippen molar-refractivity contribution in [2.75, 3.05) is 4.72 Å². The average molecular weight is 257 g/mol. The summed E-state index contributed by atoms with van der Waals surface area (Å²) in [5.74, 6) is -0.206. The topological polar surface area (TPSA) is 101 Å². The Bertz CT molecular complexity index is 494. The number of benzene rings is 1. The van der Waals surface area contributed by atoms with E-state index in [0.29, 0.717) is 11.3 Å². The molecule has 0 saturated heterocycles. The summed E-state index contributed by atoms with van der Waals surface area (Å²) in [6, 6.07) is 6.03. The van der Waals surface area contributed by atoms with Crippen LogP contribution in [0.3, 0.4) is 0 Å². The molecular formula is C10H15N3O3S. The van der Waals surface area contributed by atoms with Crippen molar-refractivity contribution < 1.29 is 13.2 Å². The molecule has 0 aliphatic rings. The number of amides is 1. The Hall–Kier alpha value is -1.60. The first kappa shape index (κ1) is 13.5. The molecule has 0 aromatic heterocycles. The summed E-state index contributed by atoms with van der Waals surface area (Å²) < 4.78 is 23.6. The third-order valence-electron chi connectivity index (χ3n) is 1.83. The lowest BCUT2D eigenvalue weighted by atomic mass is 10.2. The molecule has 94 valence electrons. The van der Waals surface area contributed by atoms with E-state index in [1.807, 2.05) is 13.8 Å². The fourth-order valence-electron chi connectivity index (χ4n) is 1.20. The van der Waals surface area contributed by atoms with E-state index in [1.165, 1.54) is 24.3 Å². The first-order valence-corrected chi connectivity index (χ1v) is 6.54. The molecule has 1 rings (SSSR count). The Morgan fingerprint density at radius 1 is 1.24 bits per heavy atom. The molecule has 1 aromatic carbocycles. The molecule has 0 aliphatic heterocycles. The fourth-order valence-corrected chi connectivity index (χ4v) is 1.66. The molecule has 0 heterocycles. The molecule has 1 aromatic rings. The number of hydrogen-bond donors (Lipinski definition) is 3. The molecule has 0 unspecified atom stereocenters. The van der Waals surface area contributed by atoms with Gasteiger partial charge in [-0.15, -0.1) is 0 Å². The van der Waals surface area contributed by atoms with E-state index in [2.05, 4.69) is 10.0 Å². The van der Waals surface area contributed by atoms with Crippen LogP contribution in [0.5, 0.6) is 0 Å². The second-order valence-corrected chi connectivity index (χ2v) is 5.15. The zero-order valence-corrected chi connectivity index (χ0v) is 10.4. The molecule has 17 heavy (non-hydrogen) atoms. The Kier molecular flexibility index (Phi) is 4.08.